The first-order valence-corrected chi connectivity index (χ1v) is 10.3. The van der Waals surface area contributed by atoms with E-state index in [0.29, 0.717) is 17.3 Å². The van der Waals surface area contributed by atoms with E-state index < -0.39 is 0 Å². The quantitative estimate of drug-likeness (QED) is 0.633. The number of benzene rings is 1. The normalized spacial score (nSPS) is 15.7. The fraction of sp³-hybridized carbons (Fsp3) is 0.286. The van der Waals surface area contributed by atoms with Gasteiger partial charge in [0.1, 0.15) is 10.8 Å². The van der Waals surface area contributed by atoms with Crippen molar-refractivity contribution in [2.24, 2.45) is 5.73 Å². The van der Waals surface area contributed by atoms with Crippen LogP contribution in [0.3, 0.4) is 0 Å². The zero-order valence-electron chi connectivity index (χ0n) is 15.7. The Labute approximate surface area is 167 Å². The lowest BCUT2D eigenvalue weighted by Crippen LogP contribution is -2.28. The van der Waals surface area contributed by atoms with Crippen LogP contribution in [0, 0.1) is 6.92 Å². The summed E-state index contributed by atoms with van der Waals surface area (Å²) in [7, 11) is 0. The van der Waals surface area contributed by atoms with Crippen molar-refractivity contribution in [2.45, 2.75) is 25.7 Å². The molecular weight excluding hydrogens is 370 g/mol. The first kappa shape index (κ1) is 18.6. The molecule has 1 fully saturated rings. The maximum atomic E-state index is 12.3. The lowest BCUT2D eigenvalue weighted by Gasteiger charge is -2.22. The highest BCUT2D eigenvalue weighted by Gasteiger charge is 2.20. The van der Waals surface area contributed by atoms with Crippen LogP contribution in [0.25, 0.3) is 16.8 Å². The molecule has 7 heteroatoms. The maximum absolute atomic E-state index is 12.3. The predicted octanol–water partition coefficient (Wildman–Crippen LogP) is 3.02. The van der Waals surface area contributed by atoms with E-state index in [0.717, 1.165) is 53.5 Å². The average molecular weight is 394 g/mol. The second kappa shape index (κ2) is 8.08. The van der Waals surface area contributed by atoms with Crippen molar-refractivity contribution in [3.63, 3.8) is 0 Å². The molecule has 6 nitrogen and oxygen atoms in total. The van der Waals surface area contributed by atoms with Gasteiger partial charge in [-0.25, -0.2) is 9.97 Å². The molecule has 0 radical (unpaired) electrons. The molecule has 0 aliphatic carbocycles. The van der Waals surface area contributed by atoms with E-state index in [1.807, 2.05) is 17.5 Å². The number of rotatable bonds is 4. The van der Waals surface area contributed by atoms with Gasteiger partial charge in [0, 0.05) is 29.1 Å². The van der Waals surface area contributed by atoms with Crippen LogP contribution in [0.15, 0.2) is 46.7 Å². The zero-order valence-corrected chi connectivity index (χ0v) is 16.6. The Morgan fingerprint density at radius 3 is 2.79 bits per heavy atom. The van der Waals surface area contributed by atoms with Crippen molar-refractivity contribution in [3.05, 3.63) is 74.4 Å². The van der Waals surface area contributed by atoms with Crippen molar-refractivity contribution in [2.75, 3.05) is 13.1 Å². The van der Waals surface area contributed by atoms with Crippen LogP contribution in [0.2, 0.25) is 0 Å². The predicted molar refractivity (Wildman–Crippen MR) is 113 cm³/mol. The monoisotopic (exact) mass is 393 g/mol. The van der Waals surface area contributed by atoms with Gasteiger partial charge in [-0.05, 0) is 38.4 Å². The molecule has 0 atom stereocenters. The van der Waals surface area contributed by atoms with Crippen molar-refractivity contribution in [1.82, 2.24) is 20.3 Å². The lowest BCUT2D eigenvalue weighted by molar-refractivity contribution is 0.452. The van der Waals surface area contributed by atoms with Crippen molar-refractivity contribution in [3.8, 4) is 11.3 Å². The molecule has 2 aromatic heterocycles. The molecule has 3 heterocycles. The topological polar surface area (TPSA) is 96.7 Å². The van der Waals surface area contributed by atoms with Crippen LogP contribution in [0.5, 0.6) is 0 Å². The van der Waals surface area contributed by atoms with Crippen LogP contribution in [0.4, 0.5) is 0 Å². The summed E-state index contributed by atoms with van der Waals surface area (Å²) >= 11 is 1.50. The smallest absolute Gasteiger partial charge is 0.251 e. The number of hydrogen-bond acceptors (Lipinski definition) is 6. The molecule has 0 bridgehead atoms. The van der Waals surface area contributed by atoms with Crippen LogP contribution in [-0.2, 0) is 0 Å². The number of hydrogen-bond donors (Lipinski definition) is 3. The number of nitrogens with one attached hydrogen (secondary N) is 2. The van der Waals surface area contributed by atoms with E-state index in [-0.39, 0.29) is 5.56 Å². The molecule has 1 aromatic carbocycles. The van der Waals surface area contributed by atoms with E-state index in [9.17, 15) is 4.79 Å². The summed E-state index contributed by atoms with van der Waals surface area (Å²) in [5.41, 5.74) is 10.4. The minimum atomic E-state index is -0.159. The van der Waals surface area contributed by atoms with Gasteiger partial charge in [0.25, 0.3) is 5.56 Å². The molecule has 0 amide bonds. The van der Waals surface area contributed by atoms with E-state index >= 15 is 0 Å². The van der Waals surface area contributed by atoms with Gasteiger partial charge in [-0.1, -0.05) is 24.3 Å². The average Bonchev–Trinajstić information content (AvgIpc) is 3.19. The molecule has 4 rings (SSSR count). The third-order valence-electron chi connectivity index (χ3n) is 5.10. The Kier molecular flexibility index (Phi) is 5.36. The number of piperidine rings is 1. The van der Waals surface area contributed by atoms with E-state index in [1.165, 1.54) is 17.5 Å². The van der Waals surface area contributed by atoms with Crippen LogP contribution in [-0.4, -0.2) is 28.0 Å². The van der Waals surface area contributed by atoms with Crippen LogP contribution < -0.4 is 16.6 Å². The first-order chi connectivity index (χ1) is 13.7. The fourth-order valence-corrected chi connectivity index (χ4v) is 4.41. The number of H-pyrrole nitrogens is 1. The Balaban J connectivity index is 1.69. The molecule has 28 heavy (non-hydrogen) atoms. The maximum Gasteiger partial charge on any atom is 0.251 e. The molecule has 4 N–H and O–H groups in total. The second-order valence-corrected chi connectivity index (χ2v) is 7.83. The molecule has 0 saturated carbocycles. The summed E-state index contributed by atoms with van der Waals surface area (Å²) in [6, 6.07) is 9.74. The second-order valence-electron chi connectivity index (χ2n) is 6.98. The highest BCUT2D eigenvalue weighted by molar-refractivity contribution is 7.11. The zero-order chi connectivity index (χ0) is 19.5. The number of aromatic nitrogens is 3. The summed E-state index contributed by atoms with van der Waals surface area (Å²) in [5, 5.41) is 6.09. The number of aromatic amines is 1. The highest BCUT2D eigenvalue weighted by atomic mass is 32.1. The van der Waals surface area contributed by atoms with Gasteiger partial charge in [-0.15, -0.1) is 11.3 Å². The number of nitrogens with two attached hydrogens (primary N) is 1. The Bertz CT molecular complexity index is 1060. The van der Waals surface area contributed by atoms with Crippen molar-refractivity contribution in [1.29, 1.82) is 0 Å². The van der Waals surface area contributed by atoms with E-state index in [1.54, 1.807) is 6.07 Å². The third-order valence-corrected chi connectivity index (χ3v) is 5.97. The summed E-state index contributed by atoms with van der Waals surface area (Å²) in [6.07, 6.45) is 3.43. The first-order valence-electron chi connectivity index (χ1n) is 9.42. The SMILES string of the molecule is Cc1ccccc1-c1csc(C(=CN)c2nc(C3CCNCC3)cc(=O)[nH]2)n1. The lowest BCUT2D eigenvalue weighted by atomic mass is 9.94. The van der Waals surface area contributed by atoms with Crippen molar-refractivity contribution >= 4 is 16.9 Å². The molecule has 1 aliphatic heterocycles. The minimum absolute atomic E-state index is 0.159. The van der Waals surface area contributed by atoms with E-state index in [2.05, 4.69) is 29.4 Å². The molecule has 3 aromatic rings. The Hall–Kier alpha value is -2.77. The summed E-state index contributed by atoms with van der Waals surface area (Å²) < 4.78 is 0. The standard InChI is InChI=1S/C21H23N5OS/c1-13-4-2-3-5-15(13)18-12-28-21(25-18)16(11-22)20-24-17(10-19(27)26-20)14-6-8-23-9-7-14/h2-5,10-12,14,23H,6-9,22H2,1H3,(H,24,26,27). The number of aryl methyl sites for hydroxylation is 1. The van der Waals surface area contributed by atoms with Gasteiger partial charge >= 0.3 is 0 Å². The van der Waals surface area contributed by atoms with Crippen LogP contribution >= 0.6 is 11.3 Å². The number of thiazole rings is 1. The largest absolute Gasteiger partial charge is 0.404 e. The van der Waals surface area contributed by atoms with Gasteiger partial charge in [-0.3, -0.25) is 4.79 Å². The summed E-state index contributed by atoms with van der Waals surface area (Å²) in [6.45, 7) is 3.95. The van der Waals surface area contributed by atoms with Crippen molar-refractivity contribution < 1.29 is 0 Å². The molecule has 0 spiro atoms. The molecule has 144 valence electrons. The summed E-state index contributed by atoms with van der Waals surface area (Å²) in [5.74, 6) is 0.773. The molecule has 1 aliphatic rings. The van der Waals surface area contributed by atoms with Gasteiger partial charge in [-0.2, -0.15) is 0 Å². The minimum Gasteiger partial charge on any atom is -0.404 e. The van der Waals surface area contributed by atoms with Gasteiger partial charge in [0.2, 0.25) is 0 Å². The molecular formula is C21H23N5OS. The van der Waals surface area contributed by atoms with Gasteiger partial charge < -0.3 is 16.0 Å². The van der Waals surface area contributed by atoms with Gasteiger partial charge in [0.15, 0.2) is 0 Å². The van der Waals surface area contributed by atoms with Crippen LogP contribution in [0.1, 0.15) is 40.8 Å². The molecule has 1 saturated heterocycles. The van der Waals surface area contributed by atoms with Gasteiger partial charge in [0.05, 0.1) is 17.0 Å². The van der Waals surface area contributed by atoms with E-state index in [4.69, 9.17) is 15.7 Å². The highest BCUT2D eigenvalue weighted by Crippen LogP contribution is 2.30. The third kappa shape index (κ3) is 3.76. The fourth-order valence-electron chi connectivity index (χ4n) is 3.56. The Morgan fingerprint density at radius 1 is 1.25 bits per heavy atom. The Morgan fingerprint density at radius 2 is 2.04 bits per heavy atom. The summed E-state index contributed by atoms with van der Waals surface area (Å²) in [4.78, 5) is 24.6. The number of nitrogens with zero attached hydrogens (tertiary/aromatic N) is 2. The molecule has 0 unspecified atom stereocenters.